The van der Waals surface area contributed by atoms with Crippen molar-refractivity contribution in [3.8, 4) is 5.75 Å². The zero-order valence-electron chi connectivity index (χ0n) is 27.5. The molecule has 1 aliphatic rings. The molecule has 1 aromatic carbocycles. The van der Waals surface area contributed by atoms with Crippen molar-refractivity contribution in [3.05, 3.63) is 54.1 Å². The van der Waals surface area contributed by atoms with Crippen LogP contribution in [0.4, 0.5) is 13.2 Å². The lowest BCUT2D eigenvalue weighted by Gasteiger charge is -2.21. The number of esters is 2. The SMILES string of the molecule is CCCCCCC(=O)NCC(=O)O[C@H](/C=C/[C@@H]1[C@@H](C/C=C\CCCC(=O)OC(C)C)[C@@H](O)C[C@H]1O)COc1cccc(C(F)(F)F)c1. The third kappa shape index (κ3) is 15.8. The number of ether oxygens (including phenoxy) is 3. The summed E-state index contributed by atoms with van der Waals surface area (Å²) in [6.45, 7) is 4.91. The van der Waals surface area contributed by atoms with Gasteiger partial charge in [-0.25, -0.2) is 0 Å². The molecule has 0 radical (unpaired) electrons. The van der Waals surface area contributed by atoms with E-state index >= 15 is 0 Å². The number of benzene rings is 1. The van der Waals surface area contributed by atoms with Crippen molar-refractivity contribution in [1.29, 1.82) is 0 Å². The minimum Gasteiger partial charge on any atom is -0.489 e. The number of aliphatic hydroxyl groups excluding tert-OH is 2. The fraction of sp³-hybridized carbons (Fsp3) is 0.629. The highest BCUT2D eigenvalue weighted by Crippen LogP contribution is 2.36. The molecule has 0 unspecified atom stereocenters. The predicted molar refractivity (Wildman–Crippen MR) is 170 cm³/mol. The van der Waals surface area contributed by atoms with Gasteiger partial charge >= 0.3 is 18.1 Å². The van der Waals surface area contributed by atoms with E-state index in [2.05, 4.69) is 12.2 Å². The highest BCUT2D eigenvalue weighted by Gasteiger charge is 2.39. The average Bonchev–Trinajstić information content (AvgIpc) is 3.27. The molecule has 0 aliphatic heterocycles. The molecule has 5 atom stereocenters. The summed E-state index contributed by atoms with van der Waals surface area (Å²) in [4.78, 5) is 36.4. The van der Waals surface area contributed by atoms with Crippen LogP contribution in [0.1, 0.15) is 90.5 Å². The van der Waals surface area contributed by atoms with Crippen LogP contribution >= 0.6 is 0 Å². The first-order valence-corrected chi connectivity index (χ1v) is 16.4. The van der Waals surface area contributed by atoms with Crippen LogP contribution in [0.25, 0.3) is 0 Å². The van der Waals surface area contributed by atoms with Gasteiger partial charge in [0.05, 0.1) is 23.9 Å². The van der Waals surface area contributed by atoms with Crippen molar-refractivity contribution in [2.75, 3.05) is 13.2 Å². The maximum atomic E-state index is 13.2. The Morgan fingerprint density at radius 2 is 1.77 bits per heavy atom. The molecule has 1 aliphatic carbocycles. The molecule has 9 nitrogen and oxygen atoms in total. The van der Waals surface area contributed by atoms with Crippen LogP contribution < -0.4 is 10.1 Å². The Kier molecular flexibility index (Phi) is 17.6. The zero-order valence-corrected chi connectivity index (χ0v) is 27.5. The topological polar surface area (TPSA) is 131 Å². The second-order valence-corrected chi connectivity index (χ2v) is 12.1. The van der Waals surface area contributed by atoms with Crippen LogP contribution in [0.15, 0.2) is 48.6 Å². The Balaban J connectivity index is 2.06. The van der Waals surface area contributed by atoms with Crippen molar-refractivity contribution in [2.45, 2.75) is 116 Å². The van der Waals surface area contributed by atoms with Crippen LogP contribution in [0.3, 0.4) is 0 Å². The van der Waals surface area contributed by atoms with Gasteiger partial charge in [0.25, 0.3) is 0 Å². The number of alkyl halides is 3. The quantitative estimate of drug-likeness (QED) is 0.0867. The number of aliphatic hydroxyl groups is 2. The molecular weight excluding hydrogens is 619 g/mol. The highest BCUT2D eigenvalue weighted by atomic mass is 19.4. The Morgan fingerprint density at radius 1 is 1.00 bits per heavy atom. The Morgan fingerprint density at radius 3 is 2.47 bits per heavy atom. The number of carbonyl (C=O) groups excluding carboxylic acids is 3. The molecule has 1 amide bonds. The highest BCUT2D eigenvalue weighted by molar-refractivity contribution is 5.81. The van der Waals surface area contributed by atoms with E-state index in [-0.39, 0.29) is 49.1 Å². The molecule has 2 rings (SSSR count). The summed E-state index contributed by atoms with van der Waals surface area (Å²) < 4.78 is 55.8. The number of hydrogen-bond acceptors (Lipinski definition) is 8. The second kappa shape index (κ2) is 20.8. The van der Waals surface area contributed by atoms with Crippen molar-refractivity contribution in [1.82, 2.24) is 5.32 Å². The maximum Gasteiger partial charge on any atom is 0.416 e. The van der Waals surface area contributed by atoms with Crippen molar-refractivity contribution in [3.63, 3.8) is 0 Å². The lowest BCUT2D eigenvalue weighted by atomic mass is 9.89. The maximum absolute atomic E-state index is 13.2. The lowest BCUT2D eigenvalue weighted by molar-refractivity contribution is -0.148. The van der Waals surface area contributed by atoms with E-state index in [4.69, 9.17) is 14.2 Å². The van der Waals surface area contributed by atoms with Gasteiger partial charge in [0, 0.05) is 25.2 Å². The van der Waals surface area contributed by atoms with Gasteiger partial charge in [0.2, 0.25) is 5.91 Å². The summed E-state index contributed by atoms with van der Waals surface area (Å²) in [6.07, 6.45) is 5.49. The summed E-state index contributed by atoms with van der Waals surface area (Å²) in [5.74, 6) is -2.25. The minimum absolute atomic E-state index is 0.0774. The van der Waals surface area contributed by atoms with Gasteiger partial charge in [-0.1, -0.05) is 50.5 Å². The zero-order chi connectivity index (χ0) is 34.8. The smallest absolute Gasteiger partial charge is 0.416 e. The number of halogens is 3. The van der Waals surface area contributed by atoms with E-state index < -0.39 is 48.5 Å². The molecule has 47 heavy (non-hydrogen) atoms. The molecule has 1 aromatic rings. The second-order valence-electron chi connectivity index (χ2n) is 12.1. The molecule has 1 fully saturated rings. The molecule has 3 N–H and O–H groups in total. The Bertz CT molecular complexity index is 1170. The number of nitrogens with one attached hydrogen (secondary N) is 1. The minimum atomic E-state index is -4.57. The van der Waals surface area contributed by atoms with E-state index in [1.54, 1.807) is 19.9 Å². The predicted octanol–water partition coefficient (Wildman–Crippen LogP) is 6.06. The number of amides is 1. The van der Waals surface area contributed by atoms with E-state index in [9.17, 15) is 37.8 Å². The number of carbonyl (C=O) groups is 3. The fourth-order valence-corrected chi connectivity index (χ4v) is 5.27. The first-order valence-electron chi connectivity index (χ1n) is 16.4. The summed E-state index contributed by atoms with van der Waals surface area (Å²) in [5.41, 5.74) is -0.893. The number of allylic oxidation sites excluding steroid dienone is 2. The van der Waals surface area contributed by atoms with E-state index in [0.717, 1.165) is 31.4 Å². The third-order valence-electron chi connectivity index (χ3n) is 7.70. The van der Waals surface area contributed by atoms with Gasteiger partial charge < -0.3 is 29.7 Å². The van der Waals surface area contributed by atoms with Crippen LogP contribution in [0, 0.1) is 11.8 Å². The molecule has 1 saturated carbocycles. The van der Waals surface area contributed by atoms with Crippen LogP contribution in [0.5, 0.6) is 5.75 Å². The van der Waals surface area contributed by atoms with E-state index in [1.165, 1.54) is 18.2 Å². The molecule has 0 heterocycles. The van der Waals surface area contributed by atoms with Crippen molar-refractivity contribution in [2.24, 2.45) is 11.8 Å². The van der Waals surface area contributed by atoms with Crippen molar-refractivity contribution >= 4 is 17.8 Å². The largest absolute Gasteiger partial charge is 0.489 e. The fourth-order valence-electron chi connectivity index (χ4n) is 5.27. The average molecular weight is 670 g/mol. The third-order valence-corrected chi connectivity index (χ3v) is 7.70. The number of hydrogen-bond donors (Lipinski definition) is 3. The lowest BCUT2D eigenvalue weighted by Crippen LogP contribution is -2.33. The molecule has 0 saturated heterocycles. The Labute approximate surface area is 275 Å². The van der Waals surface area contributed by atoms with E-state index in [0.29, 0.717) is 32.1 Å². The van der Waals surface area contributed by atoms with Crippen LogP contribution in [-0.2, 0) is 30.0 Å². The molecule has 0 spiro atoms. The summed E-state index contributed by atoms with van der Waals surface area (Å²) in [5, 5.41) is 23.8. The van der Waals surface area contributed by atoms with Gasteiger partial charge in [-0.15, -0.1) is 0 Å². The van der Waals surface area contributed by atoms with Gasteiger partial charge in [0.15, 0.2) is 6.10 Å². The normalized spacial score (nSPS) is 20.5. The summed E-state index contributed by atoms with van der Waals surface area (Å²) in [7, 11) is 0. The number of rotatable bonds is 20. The molecule has 12 heteroatoms. The van der Waals surface area contributed by atoms with Crippen LogP contribution in [0.2, 0.25) is 0 Å². The monoisotopic (exact) mass is 669 g/mol. The first kappa shape index (κ1) is 39.8. The molecular formula is C35H50F3NO8. The Hall–Kier alpha value is -3.38. The van der Waals surface area contributed by atoms with Gasteiger partial charge in [-0.2, -0.15) is 13.2 Å². The van der Waals surface area contributed by atoms with Gasteiger partial charge in [0.1, 0.15) is 18.9 Å². The molecule has 0 aromatic heterocycles. The van der Waals surface area contributed by atoms with Crippen molar-refractivity contribution < 1.29 is 52.0 Å². The number of unbranched alkanes of at least 4 members (excludes halogenated alkanes) is 4. The molecule has 0 bridgehead atoms. The van der Waals surface area contributed by atoms with Crippen LogP contribution in [-0.4, -0.2) is 65.6 Å². The summed E-state index contributed by atoms with van der Waals surface area (Å²) >= 11 is 0. The van der Waals surface area contributed by atoms with Gasteiger partial charge in [-0.05, 0) is 69.7 Å². The summed E-state index contributed by atoms with van der Waals surface area (Å²) in [6, 6.07) is 4.31. The standard InChI is InChI=1S/C35H50F3NO8/c1-4-5-6-10-16-32(42)39-22-34(44)47-27(23-45-26-14-12-13-25(20-26)35(36,37)38)18-19-29-28(30(40)21-31(29)41)15-9-7-8-11-17-33(43)46-24(2)3/h7,9,12-14,18-20,24,27-31,40-41H,4-6,8,10-11,15-17,21-23H2,1-3H3,(H,39,42)/b9-7-,19-18+/t27-,28-,29-,30+,31-/m1/s1. The molecule has 264 valence electrons. The first-order chi connectivity index (χ1) is 22.3. The van der Waals surface area contributed by atoms with E-state index in [1.807, 2.05) is 12.2 Å². The van der Waals surface area contributed by atoms with Gasteiger partial charge in [-0.3, -0.25) is 14.4 Å².